The minimum absolute atomic E-state index is 1.03. The van der Waals surface area contributed by atoms with Gasteiger partial charge in [0.2, 0.25) is 0 Å². The van der Waals surface area contributed by atoms with E-state index >= 15 is 0 Å². The second-order valence-corrected chi connectivity index (χ2v) is 6.07. The summed E-state index contributed by atoms with van der Waals surface area (Å²) in [7, 11) is 2.21. The predicted octanol–water partition coefficient (Wildman–Crippen LogP) is 3.03. The third-order valence-corrected chi connectivity index (χ3v) is 4.44. The second kappa shape index (κ2) is 5.87. The number of nitrogens with zero attached hydrogens (tertiary/aromatic N) is 1. The highest BCUT2D eigenvalue weighted by Crippen LogP contribution is 2.20. The molecular formula is C16H20N2S. The fourth-order valence-electron chi connectivity index (χ4n) is 2.80. The zero-order valence-electron chi connectivity index (χ0n) is 11.4. The van der Waals surface area contributed by atoms with Crippen molar-refractivity contribution in [1.29, 1.82) is 0 Å². The molecule has 1 aliphatic heterocycles. The molecule has 0 atom stereocenters. The summed E-state index contributed by atoms with van der Waals surface area (Å²) in [4.78, 5) is 2.40. The summed E-state index contributed by atoms with van der Waals surface area (Å²) in [6, 6.07) is 8.95. The molecule has 0 bridgehead atoms. The van der Waals surface area contributed by atoms with Crippen LogP contribution >= 0.6 is 11.3 Å². The number of fused-ring (bicyclic) bond motifs is 1. The Labute approximate surface area is 119 Å². The third kappa shape index (κ3) is 3.06. The molecule has 3 heteroatoms. The third-order valence-electron chi connectivity index (χ3n) is 3.71. The molecule has 19 heavy (non-hydrogen) atoms. The molecule has 0 saturated heterocycles. The van der Waals surface area contributed by atoms with E-state index in [4.69, 9.17) is 0 Å². The van der Waals surface area contributed by atoms with Crippen molar-refractivity contribution in [1.82, 2.24) is 10.2 Å². The van der Waals surface area contributed by atoms with Crippen molar-refractivity contribution in [2.24, 2.45) is 0 Å². The Hall–Kier alpha value is -1.16. The van der Waals surface area contributed by atoms with Crippen molar-refractivity contribution in [2.45, 2.75) is 26.1 Å². The molecule has 0 spiro atoms. The van der Waals surface area contributed by atoms with Gasteiger partial charge >= 0.3 is 0 Å². The Morgan fingerprint density at radius 2 is 2.21 bits per heavy atom. The number of rotatable bonds is 4. The number of benzene rings is 1. The van der Waals surface area contributed by atoms with Gasteiger partial charge in [-0.1, -0.05) is 18.2 Å². The Balaban J connectivity index is 1.72. The molecule has 2 heterocycles. The number of thiophene rings is 1. The molecule has 0 fully saturated rings. The van der Waals surface area contributed by atoms with Gasteiger partial charge in [-0.05, 0) is 59.1 Å². The summed E-state index contributed by atoms with van der Waals surface area (Å²) in [5.41, 5.74) is 5.96. The summed E-state index contributed by atoms with van der Waals surface area (Å²) in [6.45, 7) is 4.21. The Kier molecular flexibility index (Phi) is 3.97. The van der Waals surface area contributed by atoms with E-state index in [1.807, 2.05) is 0 Å². The molecule has 0 aliphatic carbocycles. The summed E-state index contributed by atoms with van der Waals surface area (Å²) in [5, 5.41) is 7.83. The molecule has 1 aromatic carbocycles. The largest absolute Gasteiger partial charge is 0.312 e. The van der Waals surface area contributed by atoms with Crippen molar-refractivity contribution in [2.75, 3.05) is 13.6 Å². The monoisotopic (exact) mass is 272 g/mol. The van der Waals surface area contributed by atoms with E-state index in [1.54, 1.807) is 16.9 Å². The molecule has 1 aliphatic rings. The van der Waals surface area contributed by atoms with Crippen LogP contribution in [-0.4, -0.2) is 18.5 Å². The van der Waals surface area contributed by atoms with Crippen LogP contribution in [0.15, 0.2) is 35.0 Å². The topological polar surface area (TPSA) is 15.3 Å². The first kappa shape index (κ1) is 12.9. The molecule has 0 saturated carbocycles. The predicted molar refractivity (Wildman–Crippen MR) is 81.3 cm³/mol. The van der Waals surface area contributed by atoms with Gasteiger partial charge in [0.15, 0.2) is 0 Å². The maximum atomic E-state index is 3.45. The molecule has 1 N–H and O–H groups in total. The van der Waals surface area contributed by atoms with Gasteiger partial charge in [-0.25, -0.2) is 0 Å². The van der Waals surface area contributed by atoms with Crippen LogP contribution in [0.2, 0.25) is 0 Å². The normalized spacial score (nSPS) is 14.6. The smallest absolute Gasteiger partial charge is 0.0242 e. The zero-order valence-corrected chi connectivity index (χ0v) is 12.2. The standard InChI is InChI=1S/C16H20N2S/c1-18(10-13-6-8-19-12-13)11-15-4-2-3-14-9-17-7-5-16(14)15/h2-4,6,8,12,17H,5,7,9-11H2,1H3. The lowest BCUT2D eigenvalue weighted by atomic mass is 9.95. The van der Waals surface area contributed by atoms with Crippen molar-refractivity contribution in [3.05, 3.63) is 57.3 Å². The van der Waals surface area contributed by atoms with Gasteiger partial charge in [-0.2, -0.15) is 11.3 Å². The molecule has 0 radical (unpaired) electrons. The van der Waals surface area contributed by atoms with E-state index in [1.165, 1.54) is 16.7 Å². The first-order valence-corrected chi connectivity index (χ1v) is 7.77. The highest BCUT2D eigenvalue weighted by molar-refractivity contribution is 7.07. The van der Waals surface area contributed by atoms with Gasteiger partial charge in [0.05, 0.1) is 0 Å². The Morgan fingerprint density at radius 3 is 3.05 bits per heavy atom. The molecule has 2 aromatic rings. The fraction of sp³-hybridized carbons (Fsp3) is 0.375. The minimum atomic E-state index is 1.03. The van der Waals surface area contributed by atoms with Crippen molar-refractivity contribution in [3.8, 4) is 0 Å². The van der Waals surface area contributed by atoms with Gasteiger partial charge in [0.25, 0.3) is 0 Å². The van der Waals surface area contributed by atoms with Crippen LogP contribution in [0.5, 0.6) is 0 Å². The van der Waals surface area contributed by atoms with Crippen LogP contribution in [-0.2, 0) is 26.1 Å². The van der Waals surface area contributed by atoms with Crippen LogP contribution in [0.25, 0.3) is 0 Å². The van der Waals surface area contributed by atoms with Crippen LogP contribution < -0.4 is 5.32 Å². The lowest BCUT2D eigenvalue weighted by Crippen LogP contribution is -2.26. The molecule has 3 rings (SSSR count). The maximum Gasteiger partial charge on any atom is 0.0242 e. The molecule has 1 aromatic heterocycles. The van der Waals surface area contributed by atoms with Crippen LogP contribution in [0, 0.1) is 0 Å². The first-order valence-electron chi connectivity index (χ1n) is 6.83. The van der Waals surface area contributed by atoms with E-state index in [0.717, 1.165) is 32.6 Å². The van der Waals surface area contributed by atoms with Crippen LogP contribution in [0.4, 0.5) is 0 Å². The highest BCUT2D eigenvalue weighted by atomic mass is 32.1. The van der Waals surface area contributed by atoms with E-state index in [9.17, 15) is 0 Å². The lowest BCUT2D eigenvalue weighted by Gasteiger charge is -2.23. The zero-order chi connectivity index (χ0) is 13.1. The van der Waals surface area contributed by atoms with Crippen LogP contribution in [0.3, 0.4) is 0 Å². The second-order valence-electron chi connectivity index (χ2n) is 5.29. The van der Waals surface area contributed by atoms with Gasteiger partial charge in [-0.3, -0.25) is 4.90 Å². The van der Waals surface area contributed by atoms with Crippen molar-refractivity contribution < 1.29 is 0 Å². The first-order chi connectivity index (χ1) is 9.33. The molecular weight excluding hydrogens is 252 g/mol. The van der Waals surface area contributed by atoms with E-state index < -0.39 is 0 Å². The summed E-state index contributed by atoms with van der Waals surface area (Å²) < 4.78 is 0. The summed E-state index contributed by atoms with van der Waals surface area (Å²) in [5.74, 6) is 0. The van der Waals surface area contributed by atoms with E-state index in [2.05, 4.69) is 52.3 Å². The van der Waals surface area contributed by atoms with E-state index in [-0.39, 0.29) is 0 Å². The van der Waals surface area contributed by atoms with Gasteiger partial charge in [0, 0.05) is 19.6 Å². The fourth-order valence-corrected chi connectivity index (χ4v) is 3.46. The SMILES string of the molecule is CN(Cc1ccsc1)Cc1cccc2c1CCNC2. The maximum absolute atomic E-state index is 3.45. The van der Waals surface area contributed by atoms with Gasteiger partial charge in [-0.15, -0.1) is 0 Å². The molecule has 100 valence electrons. The summed E-state index contributed by atoms with van der Waals surface area (Å²) in [6.07, 6.45) is 1.16. The quantitative estimate of drug-likeness (QED) is 0.920. The number of nitrogens with one attached hydrogen (secondary N) is 1. The highest BCUT2D eigenvalue weighted by Gasteiger charge is 2.13. The van der Waals surface area contributed by atoms with E-state index in [0.29, 0.717) is 0 Å². The Bertz CT molecular complexity index is 534. The summed E-state index contributed by atoms with van der Waals surface area (Å²) >= 11 is 1.78. The average Bonchev–Trinajstić information content (AvgIpc) is 2.92. The molecule has 2 nitrogen and oxygen atoms in total. The Morgan fingerprint density at radius 1 is 1.26 bits per heavy atom. The van der Waals surface area contributed by atoms with Crippen molar-refractivity contribution >= 4 is 11.3 Å². The lowest BCUT2D eigenvalue weighted by molar-refractivity contribution is 0.318. The van der Waals surface area contributed by atoms with Crippen LogP contribution in [0.1, 0.15) is 22.3 Å². The molecule has 0 amide bonds. The number of hydrogen-bond acceptors (Lipinski definition) is 3. The minimum Gasteiger partial charge on any atom is -0.312 e. The van der Waals surface area contributed by atoms with Gasteiger partial charge in [0.1, 0.15) is 0 Å². The number of hydrogen-bond donors (Lipinski definition) is 1. The average molecular weight is 272 g/mol. The molecule has 0 unspecified atom stereocenters. The van der Waals surface area contributed by atoms with Gasteiger partial charge < -0.3 is 5.32 Å². The van der Waals surface area contributed by atoms with Crippen molar-refractivity contribution in [3.63, 3.8) is 0 Å².